The van der Waals surface area contributed by atoms with Gasteiger partial charge in [0.25, 0.3) is 5.91 Å². The van der Waals surface area contributed by atoms with Crippen LogP contribution in [0.1, 0.15) is 105 Å². The predicted octanol–water partition coefficient (Wildman–Crippen LogP) is 4.13. The molecule has 3 aliphatic rings. The third-order valence-electron chi connectivity index (χ3n) is 7.48. The highest BCUT2D eigenvalue weighted by molar-refractivity contribution is 6.15. The third kappa shape index (κ3) is 7.43. The fourth-order valence-corrected chi connectivity index (χ4v) is 5.44. The average Bonchev–Trinajstić information content (AvgIpc) is 3.14. The van der Waals surface area contributed by atoms with Crippen molar-refractivity contribution in [2.24, 2.45) is 0 Å². The summed E-state index contributed by atoms with van der Waals surface area (Å²) in [5.74, 6) is -0.296. The first-order valence-corrected chi connectivity index (χ1v) is 13.0. The summed E-state index contributed by atoms with van der Waals surface area (Å²) in [6, 6.07) is 6.50. The lowest BCUT2D eigenvalue weighted by atomic mass is 9.66. The van der Waals surface area contributed by atoms with Crippen molar-refractivity contribution < 1.29 is 14.4 Å². The second-order valence-electron chi connectivity index (χ2n) is 10.4. The lowest BCUT2D eigenvalue weighted by Crippen LogP contribution is -2.52. The number of carbonyl (C=O) groups is 3. The second-order valence-corrected chi connectivity index (χ2v) is 10.4. The average molecular weight is 465 g/mol. The molecule has 2 aliphatic carbocycles. The molecule has 3 amide bonds. The van der Waals surface area contributed by atoms with Crippen LogP contribution in [0.3, 0.4) is 0 Å². The number of aryl methyl sites for hydroxylation is 1. The van der Waals surface area contributed by atoms with E-state index in [1.54, 1.807) is 4.90 Å². The highest BCUT2D eigenvalue weighted by Gasteiger charge is 2.31. The molecule has 1 heterocycles. The number of hydrogen-bond acceptors (Lipinski definition) is 4. The Morgan fingerprint density at radius 3 is 2.53 bits per heavy atom. The molecule has 0 aromatic heterocycles. The topological polar surface area (TPSA) is 78.5 Å². The number of carbonyl (C=O) groups excluding carboxylic acids is 3. The van der Waals surface area contributed by atoms with Crippen LogP contribution in [0.2, 0.25) is 0 Å². The minimum absolute atomic E-state index is 0.0136. The molecule has 34 heavy (non-hydrogen) atoms. The minimum atomic E-state index is -0.313. The molecule has 2 fully saturated rings. The van der Waals surface area contributed by atoms with Gasteiger partial charge < -0.3 is 10.2 Å². The summed E-state index contributed by atoms with van der Waals surface area (Å²) in [4.78, 5) is 35.5. The van der Waals surface area contributed by atoms with Gasteiger partial charge >= 0.3 is 0 Å². The number of fused-ring (bicyclic) bond motifs is 1. The van der Waals surface area contributed by atoms with E-state index in [1.165, 1.54) is 64.2 Å². The van der Waals surface area contributed by atoms with Crippen molar-refractivity contribution in [3.63, 3.8) is 0 Å². The number of amides is 3. The highest BCUT2D eigenvalue weighted by Crippen LogP contribution is 2.29. The Hall–Kier alpha value is -2.15. The first kappa shape index (κ1) is 26.5. The van der Waals surface area contributed by atoms with E-state index < -0.39 is 0 Å². The molecule has 0 bridgehead atoms. The molecule has 1 atom stereocenters. The van der Waals surface area contributed by atoms with Crippen LogP contribution in [0.5, 0.6) is 0 Å². The highest BCUT2D eigenvalue weighted by atomic mass is 16.2. The van der Waals surface area contributed by atoms with Gasteiger partial charge in [-0.1, -0.05) is 56.2 Å². The zero-order valence-corrected chi connectivity index (χ0v) is 20.9. The van der Waals surface area contributed by atoms with Crippen LogP contribution < -0.4 is 10.6 Å². The van der Waals surface area contributed by atoms with E-state index >= 15 is 0 Å². The van der Waals surface area contributed by atoms with Gasteiger partial charge in [-0.05, 0) is 63.0 Å². The summed E-state index contributed by atoms with van der Waals surface area (Å²) in [6.07, 6.45) is 14.4. The maximum Gasteiger partial charge on any atom is 0.254 e. The molecule has 1 aromatic rings. The minimum Gasteiger partial charge on any atom is -0.332 e. The Balaban J connectivity index is 0.000000202. The molecule has 1 aliphatic heterocycles. The quantitative estimate of drug-likeness (QED) is 0.469. The maximum atomic E-state index is 12.3. The molecule has 0 spiro atoms. The Bertz CT molecular complexity index is 848. The monoisotopic (exact) mass is 465 g/mol. The van der Waals surface area contributed by atoms with E-state index in [0.29, 0.717) is 25.4 Å². The van der Waals surface area contributed by atoms with Crippen LogP contribution in [0.15, 0.2) is 18.2 Å². The van der Waals surface area contributed by atoms with E-state index in [4.69, 9.17) is 7.85 Å². The Labute approximate surface area is 206 Å². The Morgan fingerprint density at radius 1 is 1.18 bits per heavy atom. The molecule has 1 unspecified atom stereocenters. The molecule has 2 N–H and O–H groups in total. The summed E-state index contributed by atoms with van der Waals surface area (Å²) in [6.45, 7) is 4.51. The van der Waals surface area contributed by atoms with Gasteiger partial charge in [-0.2, -0.15) is 0 Å². The molecule has 7 heteroatoms. The molecule has 4 rings (SSSR count). The summed E-state index contributed by atoms with van der Waals surface area (Å²) < 4.78 is 0. The molecule has 2 radical (unpaired) electrons. The lowest BCUT2D eigenvalue weighted by molar-refractivity contribution is -0.125. The first-order chi connectivity index (χ1) is 16.3. The second kappa shape index (κ2) is 12.5. The van der Waals surface area contributed by atoms with Crippen LogP contribution in [-0.2, 0) is 16.1 Å². The van der Waals surface area contributed by atoms with E-state index in [9.17, 15) is 14.4 Å². The molecule has 0 saturated heterocycles. The van der Waals surface area contributed by atoms with Crippen molar-refractivity contribution in [1.29, 1.82) is 0 Å². The van der Waals surface area contributed by atoms with Gasteiger partial charge in [-0.25, -0.2) is 0 Å². The van der Waals surface area contributed by atoms with E-state index in [2.05, 4.69) is 10.6 Å². The molecule has 184 valence electrons. The van der Waals surface area contributed by atoms with E-state index in [0.717, 1.165) is 16.7 Å². The predicted molar refractivity (Wildman–Crippen MR) is 136 cm³/mol. The Kier molecular flexibility index (Phi) is 9.75. The van der Waals surface area contributed by atoms with Crippen molar-refractivity contribution >= 4 is 26.1 Å². The molecule has 6 nitrogen and oxygen atoms in total. The smallest absolute Gasteiger partial charge is 0.254 e. The van der Waals surface area contributed by atoms with Crippen molar-refractivity contribution in [2.75, 3.05) is 0 Å². The molecule has 1 aromatic carbocycles. The number of benzene rings is 1. The summed E-state index contributed by atoms with van der Waals surface area (Å²) in [7, 11) is 6.38. The van der Waals surface area contributed by atoms with Crippen molar-refractivity contribution in [3.8, 4) is 0 Å². The fourth-order valence-electron chi connectivity index (χ4n) is 5.44. The van der Waals surface area contributed by atoms with Gasteiger partial charge in [0.2, 0.25) is 12.3 Å². The third-order valence-corrected chi connectivity index (χ3v) is 7.48. The van der Waals surface area contributed by atoms with Gasteiger partial charge in [0.1, 0.15) is 0 Å². The Morgan fingerprint density at radius 2 is 1.85 bits per heavy atom. The van der Waals surface area contributed by atoms with Gasteiger partial charge in [0.15, 0.2) is 0 Å². The standard InChI is InChI=1S/C15H18N2O3.C12H22BN/c1-10-3-5-13-12(7-10)8-17(15(13)20)11(2)4-6-14(19)16-9-18;13-12(9-5-2-6-10-12)14-11-7-3-1-4-8-11/h3,5,7,9,11H,4,6,8H2,1-2H3,(H,16,18,19);11,14H,1-10H2. The SMILES string of the molecule is Cc1ccc2c(c1)CN(C(C)CCC(=O)NC=O)C2=O.[B]C1(NC2CCCCC2)CCCCC1. The van der Waals surface area contributed by atoms with Crippen LogP contribution in [0.4, 0.5) is 0 Å². The van der Waals surface area contributed by atoms with Gasteiger partial charge in [0.05, 0.1) is 7.85 Å². The molecular weight excluding hydrogens is 425 g/mol. The maximum absolute atomic E-state index is 12.3. The number of hydrogen-bond donors (Lipinski definition) is 2. The van der Waals surface area contributed by atoms with Crippen molar-refractivity contribution in [1.82, 2.24) is 15.5 Å². The fraction of sp³-hybridized carbons (Fsp3) is 0.667. The number of imide groups is 1. The van der Waals surface area contributed by atoms with Gasteiger partial charge in [-0.3, -0.25) is 19.7 Å². The normalized spacial score (nSPS) is 20.6. The number of nitrogens with zero attached hydrogens (tertiary/aromatic N) is 1. The summed E-state index contributed by atoms with van der Waals surface area (Å²) >= 11 is 0. The van der Waals surface area contributed by atoms with Gasteiger partial charge in [-0.15, -0.1) is 0 Å². The molecular formula is C27H40BN3O3. The number of rotatable bonds is 7. The largest absolute Gasteiger partial charge is 0.332 e. The first-order valence-electron chi connectivity index (χ1n) is 13.0. The van der Waals surface area contributed by atoms with Crippen LogP contribution in [-0.4, -0.2) is 48.5 Å². The van der Waals surface area contributed by atoms with Crippen molar-refractivity contribution in [3.05, 3.63) is 34.9 Å². The number of nitrogens with one attached hydrogen (secondary N) is 2. The van der Waals surface area contributed by atoms with Crippen LogP contribution in [0, 0.1) is 6.92 Å². The lowest BCUT2D eigenvalue weighted by Gasteiger charge is -2.40. The van der Waals surface area contributed by atoms with Crippen LogP contribution in [0.25, 0.3) is 0 Å². The van der Waals surface area contributed by atoms with Gasteiger partial charge in [0, 0.05) is 30.6 Å². The molecule has 2 saturated carbocycles. The summed E-state index contributed by atoms with van der Waals surface area (Å²) in [5, 5.41) is 5.82. The zero-order valence-electron chi connectivity index (χ0n) is 20.9. The van der Waals surface area contributed by atoms with E-state index in [-0.39, 0.29) is 29.7 Å². The van der Waals surface area contributed by atoms with Crippen LogP contribution >= 0.6 is 0 Å². The summed E-state index contributed by atoms with van der Waals surface area (Å²) in [5.41, 5.74) is 2.91. The van der Waals surface area contributed by atoms with Crippen molar-refractivity contribution in [2.45, 2.75) is 115 Å². The van der Waals surface area contributed by atoms with E-state index in [1.807, 2.05) is 32.0 Å². The zero-order chi connectivity index (χ0) is 24.6.